The highest BCUT2D eigenvalue weighted by Gasteiger charge is 2.17. The highest BCUT2D eigenvalue weighted by atomic mass is 15.1. The Morgan fingerprint density at radius 1 is 0.341 bits per heavy atom. The fourth-order valence-corrected chi connectivity index (χ4v) is 6.34. The molecule has 0 atom stereocenters. The Kier molecular flexibility index (Phi) is 6.51. The summed E-state index contributed by atoms with van der Waals surface area (Å²) < 4.78 is 2.40. The van der Waals surface area contributed by atoms with Crippen molar-refractivity contribution in [2.24, 2.45) is 0 Å². The lowest BCUT2D eigenvalue weighted by Gasteiger charge is -2.26. The first kappa shape index (κ1) is 25.8. The minimum Gasteiger partial charge on any atom is -0.311 e. The van der Waals surface area contributed by atoms with Crippen LogP contribution in [0.15, 0.2) is 182 Å². The van der Waals surface area contributed by atoms with Crippen LogP contribution in [0.4, 0.5) is 17.1 Å². The predicted octanol–water partition coefficient (Wildman–Crippen LogP) is 11.6. The number of para-hydroxylation sites is 4. The molecular formula is C42H30N2. The molecule has 0 aliphatic carbocycles. The minimum atomic E-state index is 1.11. The summed E-state index contributed by atoms with van der Waals surface area (Å²) in [5.74, 6) is 0. The zero-order valence-electron chi connectivity index (χ0n) is 24.2. The zero-order valence-corrected chi connectivity index (χ0v) is 24.2. The average Bonchev–Trinajstić information content (AvgIpc) is 3.45. The van der Waals surface area contributed by atoms with E-state index in [0.717, 1.165) is 22.7 Å². The number of hydrogen-bond acceptors (Lipinski definition) is 1. The summed E-state index contributed by atoms with van der Waals surface area (Å²) in [7, 11) is 0. The van der Waals surface area contributed by atoms with Gasteiger partial charge in [-0.25, -0.2) is 0 Å². The summed E-state index contributed by atoms with van der Waals surface area (Å²) >= 11 is 0. The lowest BCUT2D eigenvalue weighted by atomic mass is 10.0. The molecule has 8 rings (SSSR count). The Hall–Kier alpha value is -5.86. The monoisotopic (exact) mass is 562 g/mol. The number of benzene rings is 7. The Balaban J connectivity index is 1.24. The van der Waals surface area contributed by atoms with Crippen molar-refractivity contribution in [2.45, 2.75) is 0 Å². The highest BCUT2D eigenvalue weighted by Crippen LogP contribution is 2.40. The van der Waals surface area contributed by atoms with Crippen LogP contribution in [0.2, 0.25) is 0 Å². The number of fused-ring (bicyclic) bond motifs is 3. The van der Waals surface area contributed by atoms with Gasteiger partial charge >= 0.3 is 0 Å². The van der Waals surface area contributed by atoms with Gasteiger partial charge in [0, 0.05) is 39.1 Å². The third-order valence-corrected chi connectivity index (χ3v) is 8.39. The van der Waals surface area contributed by atoms with Gasteiger partial charge < -0.3 is 9.47 Å². The second kappa shape index (κ2) is 11.1. The van der Waals surface area contributed by atoms with E-state index in [4.69, 9.17) is 0 Å². The fourth-order valence-electron chi connectivity index (χ4n) is 6.34. The van der Waals surface area contributed by atoms with E-state index < -0.39 is 0 Å². The van der Waals surface area contributed by atoms with Crippen molar-refractivity contribution in [1.82, 2.24) is 4.57 Å². The first-order chi connectivity index (χ1) is 21.8. The summed E-state index contributed by atoms with van der Waals surface area (Å²) in [6.45, 7) is 0. The molecule has 44 heavy (non-hydrogen) atoms. The maximum absolute atomic E-state index is 2.40. The highest BCUT2D eigenvalue weighted by molar-refractivity contribution is 6.13. The van der Waals surface area contributed by atoms with Crippen LogP contribution in [-0.2, 0) is 0 Å². The van der Waals surface area contributed by atoms with Crippen LogP contribution in [-0.4, -0.2) is 4.57 Å². The van der Waals surface area contributed by atoms with E-state index in [-0.39, 0.29) is 0 Å². The van der Waals surface area contributed by atoms with E-state index in [1.54, 1.807) is 0 Å². The van der Waals surface area contributed by atoms with E-state index in [1.807, 2.05) is 0 Å². The molecule has 0 unspecified atom stereocenters. The van der Waals surface area contributed by atoms with Gasteiger partial charge in [0.1, 0.15) is 0 Å². The van der Waals surface area contributed by atoms with E-state index in [1.165, 1.54) is 44.1 Å². The molecule has 0 bridgehead atoms. The third kappa shape index (κ3) is 4.54. The average molecular weight is 563 g/mol. The molecule has 0 aliphatic rings. The molecule has 7 aromatic carbocycles. The van der Waals surface area contributed by atoms with E-state index in [0.29, 0.717) is 0 Å². The van der Waals surface area contributed by atoms with Crippen LogP contribution >= 0.6 is 0 Å². The van der Waals surface area contributed by atoms with Crippen LogP contribution in [0, 0.1) is 0 Å². The van der Waals surface area contributed by atoms with E-state index in [9.17, 15) is 0 Å². The van der Waals surface area contributed by atoms with Gasteiger partial charge in [-0.3, -0.25) is 0 Å². The summed E-state index contributed by atoms with van der Waals surface area (Å²) in [5, 5.41) is 2.52. The minimum absolute atomic E-state index is 1.11. The number of aromatic nitrogens is 1. The normalized spacial score (nSPS) is 11.2. The van der Waals surface area contributed by atoms with Crippen molar-refractivity contribution in [3.63, 3.8) is 0 Å². The number of rotatable bonds is 6. The first-order valence-corrected chi connectivity index (χ1v) is 15.0. The van der Waals surface area contributed by atoms with Gasteiger partial charge in [-0.1, -0.05) is 127 Å². The zero-order chi connectivity index (χ0) is 29.3. The van der Waals surface area contributed by atoms with E-state index in [2.05, 4.69) is 191 Å². The van der Waals surface area contributed by atoms with Gasteiger partial charge in [0.25, 0.3) is 0 Å². The summed E-state index contributed by atoms with van der Waals surface area (Å²) in [5.41, 5.74) is 11.8. The van der Waals surface area contributed by atoms with Crippen LogP contribution in [0.25, 0.3) is 49.7 Å². The van der Waals surface area contributed by atoms with Gasteiger partial charge in [-0.15, -0.1) is 0 Å². The topological polar surface area (TPSA) is 8.17 Å². The summed E-state index contributed by atoms with van der Waals surface area (Å²) in [6, 6.07) is 65.0. The van der Waals surface area contributed by atoms with Crippen LogP contribution in [0.1, 0.15) is 0 Å². The molecule has 0 fully saturated rings. The largest absolute Gasteiger partial charge is 0.311 e. The van der Waals surface area contributed by atoms with Crippen molar-refractivity contribution < 1.29 is 0 Å². The predicted molar refractivity (Wildman–Crippen MR) is 186 cm³/mol. The van der Waals surface area contributed by atoms with Crippen LogP contribution in [0.5, 0.6) is 0 Å². The third-order valence-electron chi connectivity index (χ3n) is 8.39. The van der Waals surface area contributed by atoms with Crippen molar-refractivity contribution in [3.05, 3.63) is 182 Å². The number of nitrogens with zero attached hydrogens (tertiary/aromatic N) is 2. The Labute approximate surface area is 257 Å². The summed E-state index contributed by atoms with van der Waals surface area (Å²) in [6.07, 6.45) is 0. The van der Waals surface area contributed by atoms with Crippen molar-refractivity contribution in [3.8, 4) is 27.9 Å². The van der Waals surface area contributed by atoms with Crippen molar-refractivity contribution >= 4 is 38.9 Å². The van der Waals surface area contributed by atoms with Gasteiger partial charge in [-0.05, 0) is 71.3 Å². The van der Waals surface area contributed by atoms with Crippen LogP contribution in [0.3, 0.4) is 0 Å². The maximum Gasteiger partial charge on any atom is 0.0619 e. The molecule has 8 aromatic rings. The molecular weight excluding hydrogens is 532 g/mol. The molecule has 0 spiro atoms. The number of anilines is 3. The second-order valence-electron chi connectivity index (χ2n) is 11.0. The van der Waals surface area contributed by atoms with Crippen molar-refractivity contribution in [2.75, 3.05) is 4.90 Å². The molecule has 2 heteroatoms. The summed E-state index contributed by atoms with van der Waals surface area (Å²) in [4.78, 5) is 2.32. The second-order valence-corrected chi connectivity index (χ2v) is 11.0. The molecule has 1 aromatic heterocycles. The molecule has 1 heterocycles. The molecule has 2 nitrogen and oxygen atoms in total. The number of hydrogen-bond donors (Lipinski definition) is 0. The lowest BCUT2D eigenvalue weighted by molar-refractivity contribution is 1.18. The molecule has 0 amide bonds. The Bertz CT molecular complexity index is 2180. The molecule has 0 saturated carbocycles. The fraction of sp³-hybridized carbons (Fsp3) is 0. The quantitative estimate of drug-likeness (QED) is 0.196. The Morgan fingerprint density at radius 2 is 0.841 bits per heavy atom. The van der Waals surface area contributed by atoms with Gasteiger partial charge in [0.15, 0.2) is 0 Å². The van der Waals surface area contributed by atoms with Crippen LogP contribution < -0.4 is 4.90 Å². The van der Waals surface area contributed by atoms with Gasteiger partial charge in [-0.2, -0.15) is 0 Å². The Morgan fingerprint density at radius 3 is 1.52 bits per heavy atom. The molecule has 208 valence electrons. The SMILES string of the molecule is c1ccc(-c2ccc(N(c3ccccc3)c3ccc(-c4cccc5c6ccccc6n(-c6ccccc6)c45)cc3)cc2)cc1. The van der Waals surface area contributed by atoms with Gasteiger partial charge in [0.2, 0.25) is 0 Å². The molecule has 0 saturated heterocycles. The van der Waals surface area contributed by atoms with Crippen molar-refractivity contribution in [1.29, 1.82) is 0 Å². The maximum atomic E-state index is 2.40. The first-order valence-electron chi connectivity index (χ1n) is 15.0. The smallest absolute Gasteiger partial charge is 0.0619 e. The van der Waals surface area contributed by atoms with Gasteiger partial charge in [0.05, 0.1) is 11.0 Å². The molecule has 0 aliphatic heterocycles. The standard InChI is InChI=1S/C42H30N2/c1-4-13-31(14-5-1)32-23-27-36(28-24-32)43(34-15-6-2-7-16-34)37-29-25-33(26-30-37)38-20-12-21-40-39-19-10-11-22-41(39)44(42(38)40)35-17-8-3-9-18-35/h1-30H. The van der Waals surface area contributed by atoms with E-state index >= 15 is 0 Å². The lowest BCUT2D eigenvalue weighted by Crippen LogP contribution is -2.09. The molecule has 0 N–H and O–H groups in total. The molecule has 0 radical (unpaired) electrons.